The third-order valence-electron chi connectivity index (χ3n) is 3.70. The first-order valence-electron chi connectivity index (χ1n) is 6.82. The number of anilines is 2. The number of hydrogen-bond donors (Lipinski definition) is 2. The van der Waals surface area contributed by atoms with Crippen LogP contribution >= 0.6 is 0 Å². The smallest absolute Gasteiger partial charge is 0.0743 e. The number of nitrogens with one attached hydrogen (secondary N) is 1. The summed E-state index contributed by atoms with van der Waals surface area (Å²) in [5.41, 5.74) is 2.10. The van der Waals surface area contributed by atoms with Crippen molar-refractivity contribution in [3.05, 3.63) is 18.5 Å². The fourth-order valence-corrected chi connectivity index (χ4v) is 2.66. The minimum absolute atomic E-state index is 0.216. The lowest BCUT2D eigenvalue weighted by molar-refractivity contribution is 0.106. The first-order chi connectivity index (χ1) is 8.72. The number of nitrogens with zero attached hydrogens (tertiary/aromatic N) is 2. The molecule has 2 rings (SSSR count). The summed E-state index contributed by atoms with van der Waals surface area (Å²) in [6.45, 7) is 2.96. The molecule has 0 saturated heterocycles. The summed E-state index contributed by atoms with van der Waals surface area (Å²) in [5, 5.41) is 13.4. The van der Waals surface area contributed by atoms with Gasteiger partial charge >= 0.3 is 0 Å². The van der Waals surface area contributed by atoms with Crippen LogP contribution in [0.3, 0.4) is 0 Å². The third-order valence-corrected chi connectivity index (χ3v) is 3.70. The molecule has 1 aliphatic rings. The molecular weight excluding hydrogens is 226 g/mol. The Morgan fingerprint density at radius 2 is 2.17 bits per heavy atom. The zero-order valence-corrected chi connectivity index (χ0v) is 11.3. The quantitative estimate of drug-likeness (QED) is 0.859. The van der Waals surface area contributed by atoms with Gasteiger partial charge in [0, 0.05) is 13.6 Å². The molecule has 0 spiro atoms. The molecule has 0 radical (unpaired) electrons. The van der Waals surface area contributed by atoms with Crippen LogP contribution in [0.4, 0.5) is 11.4 Å². The predicted molar refractivity (Wildman–Crippen MR) is 75.1 cm³/mol. The second-order valence-corrected chi connectivity index (χ2v) is 4.99. The molecule has 0 amide bonds. The van der Waals surface area contributed by atoms with Crippen LogP contribution < -0.4 is 10.2 Å². The molecule has 2 N–H and O–H groups in total. The Balaban J connectivity index is 2.11. The van der Waals surface area contributed by atoms with Crippen molar-refractivity contribution in [2.75, 3.05) is 23.8 Å². The minimum Gasteiger partial charge on any atom is -0.391 e. The van der Waals surface area contributed by atoms with Gasteiger partial charge < -0.3 is 15.3 Å². The molecule has 4 heteroatoms. The van der Waals surface area contributed by atoms with Crippen LogP contribution in [-0.4, -0.2) is 35.8 Å². The Bertz CT molecular complexity index is 383. The number of aromatic nitrogens is 1. The van der Waals surface area contributed by atoms with Crippen molar-refractivity contribution >= 4 is 11.4 Å². The van der Waals surface area contributed by atoms with Gasteiger partial charge in [-0.2, -0.15) is 0 Å². The number of rotatable bonds is 4. The van der Waals surface area contributed by atoms with Crippen LogP contribution in [0.25, 0.3) is 0 Å². The van der Waals surface area contributed by atoms with E-state index < -0.39 is 0 Å². The number of aliphatic hydroxyl groups is 1. The maximum atomic E-state index is 10.1. The molecule has 1 heterocycles. The Morgan fingerprint density at radius 3 is 2.89 bits per heavy atom. The summed E-state index contributed by atoms with van der Waals surface area (Å²) in [5.74, 6) is 0. The van der Waals surface area contributed by atoms with Crippen LogP contribution in [0.2, 0.25) is 0 Å². The van der Waals surface area contributed by atoms with Gasteiger partial charge in [-0.3, -0.25) is 4.98 Å². The molecule has 100 valence electrons. The van der Waals surface area contributed by atoms with E-state index in [-0.39, 0.29) is 12.1 Å². The molecule has 18 heavy (non-hydrogen) atoms. The molecule has 1 aromatic rings. The van der Waals surface area contributed by atoms with Gasteiger partial charge in [-0.15, -0.1) is 0 Å². The maximum Gasteiger partial charge on any atom is 0.0743 e. The van der Waals surface area contributed by atoms with Gasteiger partial charge in [0.1, 0.15) is 0 Å². The van der Waals surface area contributed by atoms with Gasteiger partial charge in [0.2, 0.25) is 0 Å². The molecule has 2 unspecified atom stereocenters. The second kappa shape index (κ2) is 6.05. The third kappa shape index (κ3) is 2.93. The summed E-state index contributed by atoms with van der Waals surface area (Å²) < 4.78 is 0. The average Bonchev–Trinajstić information content (AvgIpc) is 2.39. The lowest BCUT2D eigenvalue weighted by Gasteiger charge is -2.36. The fourth-order valence-electron chi connectivity index (χ4n) is 2.66. The van der Waals surface area contributed by atoms with E-state index in [0.29, 0.717) is 0 Å². The van der Waals surface area contributed by atoms with Crippen LogP contribution in [0.1, 0.15) is 32.6 Å². The Labute approximate surface area is 109 Å². The van der Waals surface area contributed by atoms with Crippen molar-refractivity contribution in [1.82, 2.24) is 4.98 Å². The molecule has 4 nitrogen and oxygen atoms in total. The molecule has 1 aromatic heterocycles. The van der Waals surface area contributed by atoms with E-state index in [1.165, 1.54) is 6.42 Å². The molecule has 0 aliphatic heterocycles. The van der Waals surface area contributed by atoms with Crippen molar-refractivity contribution in [2.45, 2.75) is 44.8 Å². The highest BCUT2D eigenvalue weighted by molar-refractivity contribution is 5.55. The first kappa shape index (κ1) is 13.1. The number of pyridine rings is 1. The molecule has 1 aliphatic carbocycles. The number of hydrogen-bond acceptors (Lipinski definition) is 4. The van der Waals surface area contributed by atoms with Gasteiger partial charge in [-0.25, -0.2) is 0 Å². The summed E-state index contributed by atoms with van der Waals surface area (Å²) in [6.07, 6.45) is 7.79. The number of likely N-dealkylation sites (N-methyl/N-ethyl adjacent to an activating group) is 1. The van der Waals surface area contributed by atoms with Crippen molar-refractivity contribution in [1.29, 1.82) is 0 Å². The van der Waals surface area contributed by atoms with Crippen molar-refractivity contribution in [2.24, 2.45) is 0 Å². The normalized spacial score (nSPS) is 23.7. The van der Waals surface area contributed by atoms with E-state index in [1.54, 1.807) is 0 Å². The first-order valence-corrected chi connectivity index (χ1v) is 6.82. The summed E-state index contributed by atoms with van der Waals surface area (Å²) in [7, 11) is 2.05. The highest BCUT2D eigenvalue weighted by atomic mass is 16.3. The molecule has 0 aromatic carbocycles. The molecule has 0 bridgehead atoms. The van der Waals surface area contributed by atoms with Gasteiger partial charge in [-0.1, -0.05) is 12.8 Å². The zero-order valence-electron chi connectivity index (χ0n) is 11.3. The van der Waals surface area contributed by atoms with E-state index in [1.807, 2.05) is 19.4 Å². The van der Waals surface area contributed by atoms with Crippen LogP contribution in [-0.2, 0) is 0 Å². The van der Waals surface area contributed by atoms with E-state index in [9.17, 15) is 5.11 Å². The van der Waals surface area contributed by atoms with Crippen LogP contribution in [0.15, 0.2) is 18.5 Å². The minimum atomic E-state index is -0.216. The largest absolute Gasteiger partial charge is 0.391 e. The topological polar surface area (TPSA) is 48.4 Å². The molecular formula is C14H23N3O. The lowest BCUT2D eigenvalue weighted by Crippen LogP contribution is -2.43. The predicted octanol–water partition coefficient (Wildman–Crippen LogP) is 2.25. The SMILES string of the molecule is CCNc1cncc(N(C)C2CCCCC2O)c1. The lowest BCUT2D eigenvalue weighted by atomic mass is 9.91. The van der Waals surface area contributed by atoms with Gasteiger partial charge in [0.05, 0.1) is 35.9 Å². The van der Waals surface area contributed by atoms with Gasteiger partial charge in [0.25, 0.3) is 0 Å². The Morgan fingerprint density at radius 1 is 1.39 bits per heavy atom. The monoisotopic (exact) mass is 249 g/mol. The van der Waals surface area contributed by atoms with E-state index in [2.05, 4.69) is 28.2 Å². The fraction of sp³-hybridized carbons (Fsp3) is 0.643. The van der Waals surface area contributed by atoms with E-state index >= 15 is 0 Å². The van der Waals surface area contributed by atoms with E-state index in [4.69, 9.17) is 0 Å². The van der Waals surface area contributed by atoms with Crippen molar-refractivity contribution in [3.63, 3.8) is 0 Å². The average molecular weight is 249 g/mol. The van der Waals surface area contributed by atoms with Crippen LogP contribution in [0.5, 0.6) is 0 Å². The molecule has 2 atom stereocenters. The van der Waals surface area contributed by atoms with Crippen LogP contribution in [0, 0.1) is 0 Å². The summed E-state index contributed by atoms with van der Waals surface area (Å²) >= 11 is 0. The van der Waals surface area contributed by atoms with Gasteiger partial charge in [0.15, 0.2) is 0 Å². The zero-order chi connectivity index (χ0) is 13.0. The maximum absolute atomic E-state index is 10.1. The summed E-state index contributed by atoms with van der Waals surface area (Å²) in [4.78, 5) is 6.42. The highest BCUT2D eigenvalue weighted by Gasteiger charge is 2.26. The highest BCUT2D eigenvalue weighted by Crippen LogP contribution is 2.27. The molecule has 1 saturated carbocycles. The Hall–Kier alpha value is -1.29. The van der Waals surface area contributed by atoms with Crippen molar-refractivity contribution in [3.8, 4) is 0 Å². The summed E-state index contributed by atoms with van der Waals surface area (Å²) in [6, 6.07) is 2.31. The second-order valence-electron chi connectivity index (χ2n) is 4.99. The van der Waals surface area contributed by atoms with Gasteiger partial charge in [-0.05, 0) is 25.8 Å². The van der Waals surface area contributed by atoms with E-state index in [0.717, 1.165) is 37.2 Å². The van der Waals surface area contributed by atoms with Crippen molar-refractivity contribution < 1.29 is 5.11 Å². The molecule has 1 fully saturated rings. The number of aliphatic hydroxyl groups excluding tert-OH is 1. The standard InChI is InChI=1S/C14H23N3O/c1-3-16-11-8-12(10-15-9-11)17(2)13-6-4-5-7-14(13)18/h8-10,13-14,16,18H,3-7H2,1-2H3. The Kier molecular flexibility index (Phi) is 4.42.